The molecule has 1 aromatic rings. The van der Waals surface area contributed by atoms with Gasteiger partial charge in [-0.15, -0.1) is 0 Å². The van der Waals surface area contributed by atoms with E-state index < -0.39 is 0 Å². The predicted octanol–water partition coefficient (Wildman–Crippen LogP) is 2.79. The van der Waals surface area contributed by atoms with Crippen molar-refractivity contribution in [3.05, 3.63) is 42.0 Å². The molecule has 0 saturated carbocycles. The van der Waals surface area contributed by atoms with Crippen LogP contribution in [0.15, 0.2) is 41.4 Å². The van der Waals surface area contributed by atoms with Crippen LogP contribution in [-0.2, 0) is 0 Å². The van der Waals surface area contributed by atoms with Gasteiger partial charge in [-0.05, 0) is 17.1 Å². The summed E-state index contributed by atoms with van der Waals surface area (Å²) in [5, 5.41) is 0. The monoisotopic (exact) mass is 171 g/mol. The average molecular weight is 171 g/mol. The molecular weight excluding hydrogens is 158 g/mol. The highest BCUT2D eigenvalue weighted by Crippen LogP contribution is 2.17. The lowest BCUT2D eigenvalue weighted by molar-refractivity contribution is 0.740. The molecule has 0 saturated heterocycles. The minimum Gasteiger partial charge on any atom is -0.292 e. The molecule has 1 aliphatic heterocycles. The molecule has 1 atom stereocenters. The molecule has 1 aliphatic rings. The van der Waals surface area contributed by atoms with Gasteiger partial charge in [0.1, 0.15) is 0 Å². The molecule has 1 heteroatoms. The van der Waals surface area contributed by atoms with Crippen molar-refractivity contribution in [2.45, 2.75) is 6.92 Å². The summed E-state index contributed by atoms with van der Waals surface area (Å²) in [4.78, 5) is 4.32. The Bertz CT molecular complexity index is 335. The van der Waals surface area contributed by atoms with Crippen LogP contribution in [0.1, 0.15) is 12.5 Å². The van der Waals surface area contributed by atoms with Crippen molar-refractivity contribution in [3.8, 4) is 0 Å². The third kappa shape index (κ3) is 1.86. The quantitative estimate of drug-likeness (QED) is 0.616. The number of nitrogens with zero attached hydrogens (tertiary/aromatic N) is 1. The number of dihydropyridines is 1. The third-order valence-electron chi connectivity index (χ3n) is 2.19. The number of hydrogen-bond donors (Lipinski definition) is 0. The summed E-state index contributed by atoms with van der Waals surface area (Å²) in [6.07, 6.45) is 4.25. The molecule has 1 unspecified atom stereocenters. The van der Waals surface area contributed by atoms with Gasteiger partial charge < -0.3 is 0 Å². The van der Waals surface area contributed by atoms with Crippen LogP contribution in [-0.4, -0.2) is 12.8 Å². The number of aliphatic imine (C=N–C) groups is 1. The predicted molar refractivity (Wildman–Crippen MR) is 56.9 cm³/mol. The zero-order valence-electron chi connectivity index (χ0n) is 7.77. The topological polar surface area (TPSA) is 12.4 Å². The maximum atomic E-state index is 4.32. The van der Waals surface area contributed by atoms with Gasteiger partial charge in [-0.3, -0.25) is 4.99 Å². The molecule has 13 heavy (non-hydrogen) atoms. The summed E-state index contributed by atoms with van der Waals surface area (Å²) in [7, 11) is 0. The van der Waals surface area contributed by atoms with Crippen LogP contribution in [0, 0.1) is 5.92 Å². The van der Waals surface area contributed by atoms with E-state index in [1.165, 1.54) is 11.1 Å². The molecule has 0 fully saturated rings. The molecule has 0 aromatic heterocycles. The molecule has 0 aliphatic carbocycles. The highest BCUT2D eigenvalue weighted by molar-refractivity contribution is 6.10. The summed E-state index contributed by atoms with van der Waals surface area (Å²) >= 11 is 0. The molecule has 0 N–H and O–H groups in total. The van der Waals surface area contributed by atoms with Gasteiger partial charge in [0, 0.05) is 12.8 Å². The zero-order valence-corrected chi connectivity index (χ0v) is 7.77. The maximum absolute atomic E-state index is 4.32. The highest BCUT2D eigenvalue weighted by atomic mass is 14.7. The zero-order chi connectivity index (χ0) is 9.10. The van der Waals surface area contributed by atoms with Crippen LogP contribution < -0.4 is 0 Å². The van der Waals surface area contributed by atoms with Gasteiger partial charge in [0.25, 0.3) is 0 Å². The molecular formula is C12H13N. The first-order chi connectivity index (χ1) is 6.36. The summed E-state index contributed by atoms with van der Waals surface area (Å²) in [6.45, 7) is 3.12. The Balaban J connectivity index is 2.32. The van der Waals surface area contributed by atoms with E-state index in [1.54, 1.807) is 0 Å². The van der Waals surface area contributed by atoms with Crippen molar-refractivity contribution in [1.29, 1.82) is 0 Å². The van der Waals surface area contributed by atoms with E-state index in [2.05, 4.69) is 42.3 Å². The van der Waals surface area contributed by atoms with Crippen molar-refractivity contribution in [3.63, 3.8) is 0 Å². The van der Waals surface area contributed by atoms with Crippen molar-refractivity contribution in [1.82, 2.24) is 0 Å². The van der Waals surface area contributed by atoms with E-state index in [4.69, 9.17) is 0 Å². The van der Waals surface area contributed by atoms with Crippen molar-refractivity contribution >= 4 is 11.8 Å². The normalized spacial score (nSPS) is 21.3. The van der Waals surface area contributed by atoms with E-state index in [0.717, 1.165) is 6.54 Å². The van der Waals surface area contributed by atoms with Crippen LogP contribution in [0.2, 0.25) is 0 Å². The average Bonchev–Trinajstić information content (AvgIpc) is 2.19. The smallest absolute Gasteiger partial charge is 0.0449 e. The Morgan fingerprint density at radius 3 is 2.69 bits per heavy atom. The fourth-order valence-corrected chi connectivity index (χ4v) is 1.52. The lowest BCUT2D eigenvalue weighted by atomic mass is 10.00. The maximum Gasteiger partial charge on any atom is 0.0449 e. The molecule has 2 rings (SSSR count). The van der Waals surface area contributed by atoms with Crippen LogP contribution in [0.25, 0.3) is 5.57 Å². The van der Waals surface area contributed by atoms with Gasteiger partial charge in [-0.25, -0.2) is 0 Å². The molecule has 1 aromatic carbocycles. The minimum absolute atomic E-state index is 0.570. The Hall–Kier alpha value is -1.37. The number of hydrogen-bond acceptors (Lipinski definition) is 1. The van der Waals surface area contributed by atoms with Gasteiger partial charge >= 0.3 is 0 Å². The second-order valence-corrected chi connectivity index (χ2v) is 3.46. The van der Waals surface area contributed by atoms with Gasteiger partial charge in [0.2, 0.25) is 0 Å². The van der Waals surface area contributed by atoms with Gasteiger partial charge in [0.05, 0.1) is 0 Å². The summed E-state index contributed by atoms with van der Waals surface area (Å²) in [6, 6.07) is 10.4. The minimum atomic E-state index is 0.570. The van der Waals surface area contributed by atoms with Gasteiger partial charge in [-0.1, -0.05) is 43.3 Å². The largest absolute Gasteiger partial charge is 0.292 e. The van der Waals surface area contributed by atoms with Gasteiger partial charge in [-0.2, -0.15) is 0 Å². The lowest BCUT2D eigenvalue weighted by Crippen LogP contribution is -2.03. The van der Waals surface area contributed by atoms with Crippen molar-refractivity contribution in [2.75, 3.05) is 6.54 Å². The Morgan fingerprint density at radius 1 is 1.23 bits per heavy atom. The molecule has 1 heterocycles. The molecule has 0 spiro atoms. The molecule has 0 bridgehead atoms. The van der Waals surface area contributed by atoms with E-state index >= 15 is 0 Å². The number of allylic oxidation sites excluding steroid dienone is 1. The first-order valence-electron chi connectivity index (χ1n) is 4.63. The molecule has 66 valence electrons. The molecule has 0 amide bonds. The summed E-state index contributed by atoms with van der Waals surface area (Å²) < 4.78 is 0. The second-order valence-electron chi connectivity index (χ2n) is 3.46. The third-order valence-corrected chi connectivity index (χ3v) is 2.19. The standard InChI is InChI=1S/C12H13N/c1-10-7-12(9-13-8-10)11-5-3-2-4-6-11/h2-7,9-10H,8H2,1H3. The summed E-state index contributed by atoms with van der Waals surface area (Å²) in [5.74, 6) is 0.570. The number of rotatable bonds is 1. The molecule has 0 radical (unpaired) electrons. The molecule has 1 nitrogen and oxygen atoms in total. The van der Waals surface area contributed by atoms with Gasteiger partial charge in [0.15, 0.2) is 0 Å². The van der Waals surface area contributed by atoms with Crippen LogP contribution >= 0.6 is 0 Å². The van der Waals surface area contributed by atoms with Crippen molar-refractivity contribution < 1.29 is 0 Å². The Morgan fingerprint density at radius 2 is 2.00 bits per heavy atom. The second kappa shape index (κ2) is 3.56. The lowest BCUT2D eigenvalue weighted by Gasteiger charge is -2.11. The highest BCUT2D eigenvalue weighted by Gasteiger charge is 2.05. The van der Waals surface area contributed by atoms with E-state index in [9.17, 15) is 0 Å². The Kier molecular flexibility index (Phi) is 2.26. The van der Waals surface area contributed by atoms with Crippen LogP contribution in [0.3, 0.4) is 0 Å². The number of benzene rings is 1. The van der Waals surface area contributed by atoms with E-state index in [-0.39, 0.29) is 0 Å². The SMILES string of the molecule is CC1C=C(c2ccccc2)C=NC1. The first-order valence-corrected chi connectivity index (χ1v) is 4.63. The van der Waals surface area contributed by atoms with E-state index in [1.807, 2.05) is 12.3 Å². The Labute approximate surface area is 78.8 Å². The first kappa shape index (κ1) is 8.24. The van der Waals surface area contributed by atoms with Crippen molar-refractivity contribution in [2.24, 2.45) is 10.9 Å². The van der Waals surface area contributed by atoms with E-state index in [0.29, 0.717) is 5.92 Å². The fraction of sp³-hybridized carbons (Fsp3) is 0.250. The fourth-order valence-electron chi connectivity index (χ4n) is 1.52. The van der Waals surface area contributed by atoms with Crippen LogP contribution in [0.5, 0.6) is 0 Å². The summed E-state index contributed by atoms with van der Waals surface area (Å²) in [5.41, 5.74) is 2.51. The van der Waals surface area contributed by atoms with Crippen LogP contribution in [0.4, 0.5) is 0 Å².